The van der Waals surface area contributed by atoms with Crippen LogP contribution in [0.4, 0.5) is 0 Å². The molecular weight excluding hydrogens is 184 g/mol. The minimum absolute atomic E-state index is 0.799. The van der Waals surface area contributed by atoms with Gasteiger partial charge in [0.05, 0.1) is 8.07 Å². The first kappa shape index (κ1) is 9.44. The van der Waals surface area contributed by atoms with Crippen LogP contribution in [0.25, 0.3) is 0 Å². The summed E-state index contributed by atoms with van der Waals surface area (Å²) in [5.74, 6) is 0. The Balaban J connectivity index is 1.93. The molecule has 3 saturated heterocycles. The summed E-state index contributed by atoms with van der Waals surface area (Å²) >= 11 is 0. The average Bonchev–Trinajstić information content (AvgIpc) is 2.18. The van der Waals surface area contributed by atoms with Gasteiger partial charge in [0.25, 0.3) is 0 Å². The Labute approximate surface area is 89.5 Å². The maximum absolute atomic E-state index is 2.80. The third kappa shape index (κ3) is 1.17. The summed E-state index contributed by atoms with van der Waals surface area (Å²) in [6.07, 6.45) is 14.4. The molecule has 0 amide bonds. The molecule has 0 bridgehead atoms. The third-order valence-corrected chi connectivity index (χ3v) is 13.0. The molecule has 0 nitrogen and oxygen atoms in total. The summed E-state index contributed by atoms with van der Waals surface area (Å²) in [7, 11) is -0.799. The van der Waals surface area contributed by atoms with E-state index in [1.807, 2.05) is 0 Å². The molecule has 0 spiro atoms. The van der Waals surface area contributed by atoms with Crippen molar-refractivity contribution in [1.29, 1.82) is 0 Å². The second kappa shape index (κ2) is 3.36. The monoisotopic (exact) mass is 208 g/mol. The molecule has 0 aliphatic carbocycles. The second-order valence-electron chi connectivity index (χ2n) is 6.25. The van der Waals surface area contributed by atoms with Crippen molar-refractivity contribution in [3.8, 4) is 0 Å². The lowest BCUT2D eigenvalue weighted by Gasteiger charge is -2.56. The van der Waals surface area contributed by atoms with Gasteiger partial charge in [-0.05, 0) is 16.6 Å². The maximum Gasteiger partial charge on any atom is 0.0598 e. The van der Waals surface area contributed by atoms with Gasteiger partial charge in [0, 0.05) is 0 Å². The molecule has 0 saturated carbocycles. The topological polar surface area (TPSA) is 0 Å². The molecule has 1 heteroatoms. The molecule has 0 radical (unpaired) electrons. The Morgan fingerprint density at radius 1 is 0.643 bits per heavy atom. The Morgan fingerprint density at radius 3 is 1.21 bits per heavy atom. The summed E-state index contributed by atoms with van der Waals surface area (Å²) in [6.45, 7) is 2.80. The van der Waals surface area contributed by atoms with Crippen LogP contribution >= 0.6 is 0 Å². The van der Waals surface area contributed by atoms with Crippen molar-refractivity contribution in [2.45, 2.75) is 81.0 Å². The lowest BCUT2D eigenvalue weighted by molar-refractivity contribution is 0.385. The predicted molar refractivity (Wildman–Crippen MR) is 64.4 cm³/mol. The van der Waals surface area contributed by atoms with E-state index in [1.165, 1.54) is 16.6 Å². The molecule has 3 rings (SSSR count). The molecule has 0 N–H and O–H groups in total. The molecule has 3 heterocycles. The van der Waals surface area contributed by atoms with E-state index < -0.39 is 8.07 Å². The minimum Gasteiger partial charge on any atom is -0.0685 e. The fourth-order valence-electron chi connectivity index (χ4n) is 5.13. The molecular formula is C13H24Si. The Bertz CT molecular complexity index is 175. The van der Waals surface area contributed by atoms with E-state index in [0.29, 0.717) is 0 Å². The van der Waals surface area contributed by atoms with E-state index in [-0.39, 0.29) is 0 Å². The highest BCUT2D eigenvalue weighted by Gasteiger charge is 2.53. The first-order valence-corrected chi connectivity index (χ1v) is 9.55. The molecule has 3 aliphatic rings. The average molecular weight is 208 g/mol. The van der Waals surface area contributed by atoms with Crippen LogP contribution in [0.2, 0.25) is 23.2 Å². The van der Waals surface area contributed by atoms with E-state index >= 15 is 0 Å². The van der Waals surface area contributed by atoms with E-state index in [0.717, 1.165) is 0 Å². The zero-order chi connectivity index (χ0) is 9.60. The SMILES string of the molecule is C[Si]12C3CCCC1CCCC2CCC3. The van der Waals surface area contributed by atoms with E-state index in [4.69, 9.17) is 0 Å². The molecule has 0 aromatic carbocycles. The second-order valence-corrected chi connectivity index (χ2v) is 11.4. The summed E-state index contributed by atoms with van der Waals surface area (Å²) in [4.78, 5) is 0. The van der Waals surface area contributed by atoms with Crippen molar-refractivity contribution in [3.05, 3.63) is 0 Å². The molecule has 0 aromatic rings. The van der Waals surface area contributed by atoms with Gasteiger partial charge in [-0.15, -0.1) is 0 Å². The van der Waals surface area contributed by atoms with Crippen LogP contribution in [-0.4, -0.2) is 8.07 Å². The first-order chi connectivity index (χ1) is 6.82. The van der Waals surface area contributed by atoms with Crippen molar-refractivity contribution in [1.82, 2.24) is 0 Å². The number of hydrogen-bond donors (Lipinski definition) is 0. The fraction of sp³-hybridized carbons (Fsp3) is 1.00. The molecule has 0 atom stereocenters. The molecule has 14 heavy (non-hydrogen) atoms. The zero-order valence-electron chi connectivity index (χ0n) is 9.60. The van der Waals surface area contributed by atoms with Gasteiger partial charge in [-0.3, -0.25) is 0 Å². The summed E-state index contributed by atoms with van der Waals surface area (Å²) in [5.41, 5.74) is 3.75. The van der Waals surface area contributed by atoms with E-state index in [9.17, 15) is 0 Å². The number of hydrogen-bond acceptors (Lipinski definition) is 0. The molecule has 0 unspecified atom stereocenters. The lowest BCUT2D eigenvalue weighted by Crippen LogP contribution is -2.52. The Kier molecular flexibility index (Phi) is 2.27. The fourth-order valence-corrected chi connectivity index (χ4v) is 12.1. The van der Waals surface area contributed by atoms with Crippen molar-refractivity contribution in [3.63, 3.8) is 0 Å². The minimum atomic E-state index is -0.799. The van der Waals surface area contributed by atoms with Crippen LogP contribution in [0, 0.1) is 0 Å². The largest absolute Gasteiger partial charge is 0.0685 e. The van der Waals surface area contributed by atoms with Crippen LogP contribution in [0.5, 0.6) is 0 Å². The van der Waals surface area contributed by atoms with Gasteiger partial charge in [-0.2, -0.15) is 0 Å². The van der Waals surface area contributed by atoms with Crippen LogP contribution < -0.4 is 0 Å². The van der Waals surface area contributed by atoms with Crippen molar-refractivity contribution >= 4 is 8.07 Å². The normalized spacial score (nSPS) is 52.5. The van der Waals surface area contributed by atoms with Gasteiger partial charge in [-0.1, -0.05) is 64.3 Å². The third-order valence-electron chi connectivity index (χ3n) is 5.95. The molecule has 3 fully saturated rings. The summed E-state index contributed by atoms with van der Waals surface area (Å²) in [5, 5.41) is 0. The highest BCUT2D eigenvalue weighted by molar-refractivity contribution is 6.83. The van der Waals surface area contributed by atoms with E-state index in [2.05, 4.69) is 6.55 Å². The quantitative estimate of drug-likeness (QED) is 0.505. The molecule has 0 aromatic heterocycles. The highest BCUT2D eigenvalue weighted by Crippen LogP contribution is 2.61. The Hall–Kier alpha value is 0.217. The van der Waals surface area contributed by atoms with Crippen LogP contribution in [-0.2, 0) is 0 Å². The molecule has 80 valence electrons. The standard InChI is InChI=1S/C13H24Si/c1-14-11-5-2-6-12(14)8-4-10-13(14)9-3-7-11/h11-13H,2-10H2,1H3. The van der Waals surface area contributed by atoms with Gasteiger partial charge in [0.2, 0.25) is 0 Å². The number of rotatable bonds is 0. The van der Waals surface area contributed by atoms with Gasteiger partial charge in [0.15, 0.2) is 0 Å². The zero-order valence-corrected chi connectivity index (χ0v) is 10.6. The molecule has 3 aliphatic heterocycles. The highest BCUT2D eigenvalue weighted by atomic mass is 28.3. The summed E-state index contributed by atoms with van der Waals surface area (Å²) < 4.78 is 0. The predicted octanol–water partition coefficient (Wildman–Crippen LogP) is 4.73. The van der Waals surface area contributed by atoms with Gasteiger partial charge in [-0.25, -0.2) is 0 Å². The van der Waals surface area contributed by atoms with Gasteiger partial charge >= 0.3 is 0 Å². The lowest BCUT2D eigenvalue weighted by atomic mass is 9.97. The van der Waals surface area contributed by atoms with Crippen LogP contribution in [0.3, 0.4) is 0 Å². The van der Waals surface area contributed by atoms with Crippen LogP contribution in [0.1, 0.15) is 57.8 Å². The van der Waals surface area contributed by atoms with Crippen molar-refractivity contribution < 1.29 is 0 Å². The van der Waals surface area contributed by atoms with E-state index in [1.54, 1.807) is 57.8 Å². The van der Waals surface area contributed by atoms with Gasteiger partial charge < -0.3 is 0 Å². The first-order valence-electron chi connectivity index (χ1n) is 6.82. The smallest absolute Gasteiger partial charge is 0.0598 e. The van der Waals surface area contributed by atoms with Crippen LogP contribution in [0.15, 0.2) is 0 Å². The maximum atomic E-state index is 2.80. The van der Waals surface area contributed by atoms with Crippen molar-refractivity contribution in [2.75, 3.05) is 0 Å². The Morgan fingerprint density at radius 2 is 0.929 bits per heavy atom. The van der Waals surface area contributed by atoms with Crippen molar-refractivity contribution in [2.24, 2.45) is 0 Å². The summed E-state index contributed by atoms with van der Waals surface area (Å²) in [6, 6.07) is 0. The van der Waals surface area contributed by atoms with Gasteiger partial charge in [0.1, 0.15) is 0 Å².